The predicted octanol–water partition coefficient (Wildman–Crippen LogP) is 4.62. The Morgan fingerprint density at radius 3 is 2.48 bits per heavy atom. The molecule has 0 aromatic heterocycles. The lowest BCUT2D eigenvalue weighted by Gasteiger charge is -2.46. The van der Waals surface area contributed by atoms with Gasteiger partial charge < -0.3 is 5.32 Å². The zero-order valence-electron chi connectivity index (χ0n) is 14.2. The van der Waals surface area contributed by atoms with E-state index in [-0.39, 0.29) is 0 Å². The van der Waals surface area contributed by atoms with Gasteiger partial charge in [0.15, 0.2) is 0 Å². The molecule has 0 saturated heterocycles. The van der Waals surface area contributed by atoms with Gasteiger partial charge in [-0.1, -0.05) is 27.2 Å². The Kier molecular flexibility index (Phi) is 2.60. The molecule has 118 valence electrons. The van der Waals surface area contributed by atoms with Gasteiger partial charge in [0, 0.05) is 12.1 Å². The molecule has 5 rings (SSSR count). The van der Waals surface area contributed by atoms with Gasteiger partial charge in [-0.15, -0.1) is 0 Å². The summed E-state index contributed by atoms with van der Waals surface area (Å²) in [7, 11) is 0. The van der Waals surface area contributed by atoms with Crippen molar-refractivity contribution in [3.63, 3.8) is 0 Å². The zero-order chi connectivity index (χ0) is 14.4. The molecule has 5 aliphatic carbocycles. The molecule has 0 aromatic carbocycles. The second-order valence-electron chi connectivity index (χ2n) is 10.3. The lowest BCUT2D eigenvalue weighted by atomic mass is 9.67. The van der Waals surface area contributed by atoms with E-state index in [2.05, 4.69) is 26.1 Å². The summed E-state index contributed by atoms with van der Waals surface area (Å²) in [5.74, 6) is 5.36. The van der Waals surface area contributed by atoms with Crippen molar-refractivity contribution in [3.8, 4) is 0 Å². The van der Waals surface area contributed by atoms with E-state index in [1.807, 2.05) is 0 Å². The van der Waals surface area contributed by atoms with E-state index in [1.54, 1.807) is 19.3 Å². The van der Waals surface area contributed by atoms with E-state index in [0.29, 0.717) is 10.8 Å². The van der Waals surface area contributed by atoms with E-state index < -0.39 is 0 Å². The third kappa shape index (κ3) is 1.62. The summed E-state index contributed by atoms with van der Waals surface area (Å²) in [6.45, 7) is 7.71. The smallest absolute Gasteiger partial charge is 0.0177 e. The molecule has 0 radical (unpaired) electrons. The lowest BCUT2D eigenvalue weighted by Crippen LogP contribution is -2.55. The molecule has 0 aliphatic heterocycles. The van der Waals surface area contributed by atoms with E-state index >= 15 is 0 Å². The van der Waals surface area contributed by atoms with E-state index in [4.69, 9.17) is 0 Å². The molecule has 5 fully saturated rings. The van der Waals surface area contributed by atoms with Crippen molar-refractivity contribution in [2.24, 2.45) is 40.4 Å². The zero-order valence-corrected chi connectivity index (χ0v) is 14.2. The fourth-order valence-electron chi connectivity index (χ4n) is 8.19. The van der Waals surface area contributed by atoms with Crippen molar-refractivity contribution in [1.82, 2.24) is 5.32 Å². The van der Waals surface area contributed by atoms with Crippen LogP contribution in [0.2, 0.25) is 0 Å². The van der Waals surface area contributed by atoms with Crippen LogP contribution in [0.4, 0.5) is 0 Å². The summed E-state index contributed by atoms with van der Waals surface area (Å²) in [5.41, 5.74) is 1.13. The normalized spacial score (nSPS) is 59.9. The SMILES string of the molecule is CC1(C)C(NC2CC3CC2C2CCCC32)[C@]2(C)CC[C@H]1C2. The van der Waals surface area contributed by atoms with Crippen LogP contribution in [0.1, 0.15) is 72.1 Å². The minimum Gasteiger partial charge on any atom is -0.310 e. The second kappa shape index (κ2) is 4.08. The van der Waals surface area contributed by atoms with Gasteiger partial charge in [0.25, 0.3) is 0 Å². The molecule has 21 heavy (non-hydrogen) atoms. The van der Waals surface area contributed by atoms with Crippen LogP contribution in [0, 0.1) is 40.4 Å². The van der Waals surface area contributed by atoms with Crippen LogP contribution in [0.3, 0.4) is 0 Å². The highest BCUT2D eigenvalue weighted by Crippen LogP contribution is 2.64. The Bertz CT molecular complexity index is 450. The minimum absolute atomic E-state index is 0.532. The number of fused-ring (bicyclic) bond motifs is 7. The van der Waals surface area contributed by atoms with E-state index in [1.165, 1.54) is 32.1 Å². The lowest BCUT2D eigenvalue weighted by molar-refractivity contribution is 0.0783. The van der Waals surface area contributed by atoms with Crippen LogP contribution in [0.25, 0.3) is 0 Å². The van der Waals surface area contributed by atoms with Crippen LogP contribution in [-0.4, -0.2) is 12.1 Å². The van der Waals surface area contributed by atoms with Crippen molar-refractivity contribution in [2.45, 2.75) is 84.2 Å². The summed E-state index contributed by atoms with van der Waals surface area (Å²) in [5, 5.41) is 4.28. The summed E-state index contributed by atoms with van der Waals surface area (Å²) in [4.78, 5) is 0. The molecule has 0 heterocycles. The number of hydrogen-bond acceptors (Lipinski definition) is 1. The molecule has 1 nitrogen and oxygen atoms in total. The summed E-state index contributed by atoms with van der Waals surface area (Å²) in [6.07, 6.45) is 12.2. The molecule has 0 aromatic rings. The highest BCUT2D eigenvalue weighted by molar-refractivity contribution is 5.14. The maximum Gasteiger partial charge on any atom is 0.0177 e. The quantitative estimate of drug-likeness (QED) is 0.781. The molecule has 4 bridgehead atoms. The highest BCUT2D eigenvalue weighted by Gasteiger charge is 2.61. The van der Waals surface area contributed by atoms with Gasteiger partial charge >= 0.3 is 0 Å². The van der Waals surface area contributed by atoms with Crippen LogP contribution >= 0.6 is 0 Å². The molecular weight excluding hydrogens is 254 g/mol. The topological polar surface area (TPSA) is 12.0 Å². The van der Waals surface area contributed by atoms with Crippen molar-refractivity contribution >= 4 is 0 Å². The standard InChI is InChI=1S/C20H33N/c1-19(2)13-7-8-20(3,11-13)18(19)21-17-10-12-9-16(17)15-6-4-5-14(12)15/h12-18,21H,4-11H2,1-3H3/t12?,13-,14?,15?,16?,17?,18?,20+/m0/s1. The first kappa shape index (κ1) is 13.4. The van der Waals surface area contributed by atoms with Gasteiger partial charge in [-0.2, -0.15) is 0 Å². The van der Waals surface area contributed by atoms with Gasteiger partial charge in [0.1, 0.15) is 0 Å². The number of hydrogen-bond donors (Lipinski definition) is 1. The Balaban J connectivity index is 1.37. The van der Waals surface area contributed by atoms with Gasteiger partial charge in [0.2, 0.25) is 0 Å². The average molecular weight is 287 g/mol. The average Bonchev–Trinajstić information content (AvgIpc) is 3.16. The van der Waals surface area contributed by atoms with Gasteiger partial charge in [-0.05, 0) is 85.4 Å². The molecule has 8 atom stereocenters. The number of rotatable bonds is 2. The molecular formula is C20H33N. The second-order valence-corrected chi connectivity index (χ2v) is 10.3. The van der Waals surface area contributed by atoms with Crippen molar-refractivity contribution in [2.75, 3.05) is 0 Å². The molecule has 6 unspecified atom stereocenters. The first-order valence-corrected chi connectivity index (χ1v) is 9.75. The monoisotopic (exact) mass is 287 g/mol. The first-order chi connectivity index (χ1) is 9.99. The molecule has 5 aliphatic rings. The highest BCUT2D eigenvalue weighted by atomic mass is 15.0. The van der Waals surface area contributed by atoms with Gasteiger partial charge in [-0.3, -0.25) is 0 Å². The maximum atomic E-state index is 4.28. The van der Waals surface area contributed by atoms with Crippen LogP contribution in [0.15, 0.2) is 0 Å². The molecule has 0 spiro atoms. The van der Waals surface area contributed by atoms with Gasteiger partial charge in [-0.25, -0.2) is 0 Å². The summed E-state index contributed by atoms with van der Waals surface area (Å²) in [6, 6.07) is 1.66. The third-order valence-corrected chi connectivity index (χ3v) is 9.08. The Hall–Kier alpha value is -0.0400. The Labute approximate surface area is 130 Å². The third-order valence-electron chi connectivity index (χ3n) is 9.08. The molecule has 1 N–H and O–H groups in total. The maximum absolute atomic E-state index is 4.28. The first-order valence-electron chi connectivity index (χ1n) is 9.75. The van der Waals surface area contributed by atoms with Crippen LogP contribution < -0.4 is 5.32 Å². The number of nitrogens with one attached hydrogen (secondary N) is 1. The van der Waals surface area contributed by atoms with Crippen molar-refractivity contribution in [1.29, 1.82) is 0 Å². The van der Waals surface area contributed by atoms with E-state index in [0.717, 1.165) is 41.7 Å². The van der Waals surface area contributed by atoms with Gasteiger partial charge in [0.05, 0.1) is 0 Å². The minimum atomic E-state index is 0.532. The van der Waals surface area contributed by atoms with Crippen molar-refractivity contribution in [3.05, 3.63) is 0 Å². The molecule has 1 heteroatoms. The molecule has 5 saturated carbocycles. The fraction of sp³-hybridized carbons (Fsp3) is 1.00. The Morgan fingerprint density at radius 1 is 0.905 bits per heavy atom. The van der Waals surface area contributed by atoms with E-state index in [9.17, 15) is 0 Å². The summed E-state index contributed by atoms with van der Waals surface area (Å²) < 4.78 is 0. The Morgan fingerprint density at radius 2 is 1.71 bits per heavy atom. The largest absolute Gasteiger partial charge is 0.310 e. The summed E-state index contributed by atoms with van der Waals surface area (Å²) >= 11 is 0. The van der Waals surface area contributed by atoms with Crippen molar-refractivity contribution < 1.29 is 0 Å². The molecule has 0 amide bonds. The van der Waals surface area contributed by atoms with Crippen LogP contribution in [0.5, 0.6) is 0 Å². The predicted molar refractivity (Wildman–Crippen MR) is 87.0 cm³/mol. The van der Waals surface area contributed by atoms with Crippen LogP contribution in [-0.2, 0) is 0 Å². The fourth-order valence-corrected chi connectivity index (χ4v) is 8.19.